The SMILES string of the molecule is CCCC(N)C(=O)N1CCC(CC)C1. The van der Waals surface area contributed by atoms with Crippen LogP contribution in [0, 0.1) is 5.92 Å². The van der Waals surface area contributed by atoms with Crippen molar-refractivity contribution in [3.63, 3.8) is 0 Å². The first-order valence-electron chi connectivity index (χ1n) is 5.73. The summed E-state index contributed by atoms with van der Waals surface area (Å²) < 4.78 is 0. The van der Waals surface area contributed by atoms with Gasteiger partial charge >= 0.3 is 0 Å². The molecule has 2 unspecified atom stereocenters. The van der Waals surface area contributed by atoms with Crippen LogP contribution in [0.15, 0.2) is 0 Å². The van der Waals surface area contributed by atoms with E-state index in [4.69, 9.17) is 5.73 Å². The van der Waals surface area contributed by atoms with E-state index in [1.165, 1.54) is 6.42 Å². The summed E-state index contributed by atoms with van der Waals surface area (Å²) in [5, 5.41) is 0. The van der Waals surface area contributed by atoms with E-state index in [1.807, 2.05) is 4.90 Å². The lowest BCUT2D eigenvalue weighted by Crippen LogP contribution is -2.42. The second kappa shape index (κ2) is 5.35. The summed E-state index contributed by atoms with van der Waals surface area (Å²) in [7, 11) is 0. The van der Waals surface area contributed by atoms with Crippen LogP contribution < -0.4 is 5.73 Å². The van der Waals surface area contributed by atoms with Crippen molar-refractivity contribution in [2.24, 2.45) is 11.7 Å². The quantitative estimate of drug-likeness (QED) is 0.741. The summed E-state index contributed by atoms with van der Waals surface area (Å²) in [4.78, 5) is 13.7. The third-order valence-electron chi connectivity index (χ3n) is 3.09. The molecule has 0 radical (unpaired) electrons. The molecule has 0 aromatic carbocycles. The molecule has 2 atom stereocenters. The first kappa shape index (κ1) is 11.5. The highest BCUT2D eigenvalue weighted by Crippen LogP contribution is 2.19. The molecular weight excluding hydrogens is 176 g/mol. The molecule has 0 bridgehead atoms. The van der Waals surface area contributed by atoms with E-state index in [-0.39, 0.29) is 11.9 Å². The molecule has 1 rings (SSSR count). The summed E-state index contributed by atoms with van der Waals surface area (Å²) in [5.74, 6) is 0.857. The Morgan fingerprint density at radius 1 is 1.57 bits per heavy atom. The molecule has 0 aliphatic carbocycles. The summed E-state index contributed by atoms with van der Waals surface area (Å²) in [6, 6.07) is -0.268. The Bertz CT molecular complexity index is 194. The molecule has 0 aromatic rings. The Kier molecular flexibility index (Phi) is 4.39. The molecule has 1 fully saturated rings. The van der Waals surface area contributed by atoms with Crippen molar-refractivity contribution >= 4 is 5.91 Å². The van der Waals surface area contributed by atoms with Gasteiger partial charge in [0.1, 0.15) is 0 Å². The minimum absolute atomic E-state index is 0.155. The van der Waals surface area contributed by atoms with Gasteiger partial charge in [-0.15, -0.1) is 0 Å². The Morgan fingerprint density at radius 2 is 2.29 bits per heavy atom. The zero-order chi connectivity index (χ0) is 10.6. The average Bonchev–Trinajstić information content (AvgIpc) is 2.65. The molecule has 14 heavy (non-hydrogen) atoms. The lowest BCUT2D eigenvalue weighted by molar-refractivity contribution is -0.131. The number of carbonyl (C=O) groups is 1. The van der Waals surface area contributed by atoms with Crippen molar-refractivity contribution in [1.82, 2.24) is 4.90 Å². The first-order valence-corrected chi connectivity index (χ1v) is 5.73. The number of likely N-dealkylation sites (tertiary alicyclic amines) is 1. The Labute approximate surface area is 86.6 Å². The Morgan fingerprint density at radius 3 is 2.79 bits per heavy atom. The van der Waals surface area contributed by atoms with Crippen LogP contribution in [0.3, 0.4) is 0 Å². The third-order valence-corrected chi connectivity index (χ3v) is 3.09. The number of nitrogens with zero attached hydrogens (tertiary/aromatic N) is 1. The van der Waals surface area contributed by atoms with Gasteiger partial charge in [0.25, 0.3) is 0 Å². The summed E-state index contributed by atoms with van der Waals surface area (Å²) in [5.41, 5.74) is 5.80. The van der Waals surface area contributed by atoms with E-state index in [0.29, 0.717) is 5.92 Å². The standard InChI is InChI=1S/C11H22N2O/c1-3-5-10(12)11(14)13-7-6-9(4-2)8-13/h9-10H,3-8,12H2,1-2H3. The molecular formula is C11H22N2O. The van der Waals surface area contributed by atoms with Crippen molar-refractivity contribution in [2.45, 2.75) is 45.6 Å². The third kappa shape index (κ3) is 2.71. The van der Waals surface area contributed by atoms with E-state index >= 15 is 0 Å². The maximum absolute atomic E-state index is 11.8. The molecule has 1 aliphatic rings. The molecule has 0 saturated carbocycles. The molecule has 1 saturated heterocycles. The zero-order valence-corrected chi connectivity index (χ0v) is 9.33. The lowest BCUT2D eigenvalue weighted by atomic mass is 10.1. The van der Waals surface area contributed by atoms with Crippen molar-refractivity contribution in [2.75, 3.05) is 13.1 Å². The average molecular weight is 198 g/mol. The summed E-state index contributed by atoms with van der Waals surface area (Å²) >= 11 is 0. The van der Waals surface area contributed by atoms with Crippen LogP contribution in [0.2, 0.25) is 0 Å². The predicted octanol–water partition coefficient (Wildman–Crippen LogP) is 1.37. The van der Waals surface area contributed by atoms with Crippen molar-refractivity contribution in [3.05, 3.63) is 0 Å². The van der Waals surface area contributed by atoms with Crippen LogP contribution in [-0.4, -0.2) is 29.9 Å². The highest BCUT2D eigenvalue weighted by Gasteiger charge is 2.27. The normalized spacial score (nSPS) is 23.9. The van der Waals surface area contributed by atoms with Gasteiger partial charge in [-0.2, -0.15) is 0 Å². The second-order valence-electron chi connectivity index (χ2n) is 4.24. The number of rotatable bonds is 4. The van der Waals surface area contributed by atoms with Gasteiger partial charge in [-0.05, 0) is 18.8 Å². The Balaban J connectivity index is 2.38. The monoisotopic (exact) mass is 198 g/mol. The number of nitrogens with two attached hydrogens (primary N) is 1. The largest absolute Gasteiger partial charge is 0.341 e. The highest BCUT2D eigenvalue weighted by atomic mass is 16.2. The predicted molar refractivity (Wildman–Crippen MR) is 57.9 cm³/mol. The van der Waals surface area contributed by atoms with Gasteiger partial charge in [0.05, 0.1) is 6.04 Å². The molecule has 0 aromatic heterocycles. The van der Waals surface area contributed by atoms with Crippen molar-refractivity contribution < 1.29 is 4.79 Å². The number of hydrogen-bond acceptors (Lipinski definition) is 2. The van der Waals surface area contributed by atoms with E-state index in [1.54, 1.807) is 0 Å². The fraction of sp³-hybridized carbons (Fsp3) is 0.909. The zero-order valence-electron chi connectivity index (χ0n) is 9.33. The van der Waals surface area contributed by atoms with Crippen LogP contribution in [0.1, 0.15) is 39.5 Å². The van der Waals surface area contributed by atoms with Crippen LogP contribution in [0.5, 0.6) is 0 Å². The van der Waals surface area contributed by atoms with E-state index < -0.39 is 0 Å². The fourth-order valence-electron chi connectivity index (χ4n) is 2.04. The van der Waals surface area contributed by atoms with Gasteiger partial charge in [-0.3, -0.25) is 4.79 Å². The Hall–Kier alpha value is -0.570. The summed E-state index contributed by atoms with van der Waals surface area (Å²) in [6.07, 6.45) is 4.12. The molecule has 1 heterocycles. The topological polar surface area (TPSA) is 46.3 Å². The molecule has 82 valence electrons. The van der Waals surface area contributed by atoms with Crippen molar-refractivity contribution in [1.29, 1.82) is 0 Å². The number of hydrogen-bond donors (Lipinski definition) is 1. The highest BCUT2D eigenvalue weighted by molar-refractivity contribution is 5.81. The molecule has 0 spiro atoms. The molecule has 2 N–H and O–H groups in total. The van der Waals surface area contributed by atoms with Crippen LogP contribution >= 0.6 is 0 Å². The second-order valence-corrected chi connectivity index (χ2v) is 4.24. The van der Waals surface area contributed by atoms with Crippen molar-refractivity contribution in [3.8, 4) is 0 Å². The smallest absolute Gasteiger partial charge is 0.239 e. The fourth-order valence-corrected chi connectivity index (χ4v) is 2.04. The van der Waals surface area contributed by atoms with Crippen LogP contribution in [-0.2, 0) is 4.79 Å². The minimum atomic E-state index is -0.268. The first-order chi connectivity index (χ1) is 6.69. The maximum Gasteiger partial charge on any atom is 0.239 e. The lowest BCUT2D eigenvalue weighted by Gasteiger charge is -2.20. The van der Waals surface area contributed by atoms with E-state index in [9.17, 15) is 4.79 Å². The van der Waals surface area contributed by atoms with E-state index in [2.05, 4.69) is 13.8 Å². The van der Waals surface area contributed by atoms with Gasteiger partial charge in [0, 0.05) is 13.1 Å². The molecule has 3 heteroatoms. The maximum atomic E-state index is 11.8. The van der Waals surface area contributed by atoms with Gasteiger partial charge in [-0.1, -0.05) is 26.7 Å². The molecule has 3 nitrogen and oxygen atoms in total. The van der Waals surface area contributed by atoms with Gasteiger partial charge in [0.15, 0.2) is 0 Å². The number of carbonyl (C=O) groups excluding carboxylic acids is 1. The summed E-state index contributed by atoms with van der Waals surface area (Å²) in [6.45, 7) is 6.08. The molecule has 1 amide bonds. The van der Waals surface area contributed by atoms with Gasteiger partial charge < -0.3 is 10.6 Å². The van der Waals surface area contributed by atoms with E-state index in [0.717, 1.165) is 32.4 Å². The van der Waals surface area contributed by atoms with Crippen LogP contribution in [0.4, 0.5) is 0 Å². The molecule has 1 aliphatic heterocycles. The van der Waals surface area contributed by atoms with Gasteiger partial charge in [-0.25, -0.2) is 0 Å². The van der Waals surface area contributed by atoms with Crippen LogP contribution in [0.25, 0.3) is 0 Å². The minimum Gasteiger partial charge on any atom is -0.341 e. The number of amides is 1. The van der Waals surface area contributed by atoms with Gasteiger partial charge in [0.2, 0.25) is 5.91 Å².